The lowest BCUT2D eigenvalue weighted by atomic mass is 9.75. The van der Waals surface area contributed by atoms with Gasteiger partial charge in [0.2, 0.25) is 0 Å². The first-order valence-electron chi connectivity index (χ1n) is 9.04. The van der Waals surface area contributed by atoms with E-state index < -0.39 is 0 Å². The Labute approximate surface area is 131 Å². The van der Waals surface area contributed by atoms with Gasteiger partial charge in [-0.2, -0.15) is 0 Å². The summed E-state index contributed by atoms with van der Waals surface area (Å²) in [4.78, 5) is 11.5. The van der Waals surface area contributed by atoms with E-state index in [1.165, 1.54) is 70.3 Å². The highest BCUT2D eigenvalue weighted by Crippen LogP contribution is 2.37. The van der Waals surface area contributed by atoms with Crippen molar-refractivity contribution >= 4 is 5.97 Å². The Morgan fingerprint density at radius 1 is 1.10 bits per heavy atom. The van der Waals surface area contributed by atoms with Crippen molar-refractivity contribution in [1.29, 1.82) is 0 Å². The first kappa shape index (κ1) is 18.3. The highest BCUT2D eigenvalue weighted by atomic mass is 16.5. The second-order valence-electron chi connectivity index (χ2n) is 6.61. The maximum absolute atomic E-state index is 11.5. The molecule has 0 aromatic carbocycles. The predicted molar refractivity (Wildman–Crippen MR) is 89.2 cm³/mol. The lowest BCUT2D eigenvalue weighted by Gasteiger charge is -2.35. The predicted octanol–water partition coefficient (Wildman–Crippen LogP) is 5.66. The molecule has 3 atom stereocenters. The van der Waals surface area contributed by atoms with E-state index in [1.54, 1.807) is 0 Å². The SMILES string of the molecule is C=CC(=O)OC1CCC(CCCCC)CC1CCCCC. The zero-order chi connectivity index (χ0) is 15.5. The lowest BCUT2D eigenvalue weighted by molar-refractivity contribution is -0.148. The minimum absolute atomic E-state index is 0.134. The summed E-state index contributed by atoms with van der Waals surface area (Å²) >= 11 is 0. The van der Waals surface area contributed by atoms with Crippen LogP contribution >= 0.6 is 0 Å². The Hall–Kier alpha value is -0.790. The molecule has 0 N–H and O–H groups in total. The van der Waals surface area contributed by atoms with Crippen LogP contribution in [-0.2, 0) is 9.53 Å². The monoisotopic (exact) mass is 294 g/mol. The minimum Gasteiger partial charge on any atom is -0.459 e. The molecule has 3 unspecified atom stereocenters. The molecule has 1 aliphatic carbocycles. The van der Waals surface area contributed by atoms with Gasteiger partial charge in [-0.25, -0.2) is 4.79 Å². The summed E-state index contributed by atoms with van der Waals surface area (Å²) in [6.45, 7) is 8.02. The fourth-order valence-electron chi connectivity index (χ4n) is 3.59. The number of hydrogen-bond acceptors (Lipinski definition) is 2. The van der Waals surface area contributed by atoms with Crippen molar-refractivity contribution in [2.24, 2.45) is 11.8 Å². The topological polar surface area (TPSA) is 26.3 Å². The van der Waals surface area contributed by atoms with Crippen LogP contribution in [0.2, 0.25) is 0 Å². The van der Waals surface area contributed by atoms with Crippen LogP contribution in [0.3, 0.4) is 0 Å². The van der Waals surface area contributed by atoms with Crippen LogP contribution < -0.4 is 0 Å². The van der Waals surface area contributed by atoms with Crippen molar-refractivity contribution < 1.29 is 9.53 Å². The van der Waals surface area contributed by atoms with Gasteiger partial charge in [0.05, 0.1) is 0 Å². The van der Waals surface area contributed by atoms with Crippen LogP contribution in [0.4, 0.5) is 0 Å². The molecular formula is C19H34O2. The van der Waals surface area contributed by atoms with E-state index >= 15 is 0 Å². The van der Waals surface area contributed by atoms with Crippen molar-refractivity contribution in [3.05, 3.63) is 12.7 Å². The molecule has 1 rings (SSSR count). The molecule has 0 heterocycles. The maximum atomic E-state index is 11.5. The average Bonchev–Trinajstić information content (AvgIpc) is 2.50. The molecule has 21 heavy (non-hydrogen) atoms. The van der Waals surface area contributed by atoms with Crippen molar-refractivity contribution in [1.82, 2.24) is 0 Å². The van der Waals surface area contributed by atoms with Crippen LogP contribution in [0.15, 0.2) is 12.7 Å². The standard InChI is InChI=1S/C19H34O2/c1-4-7-9-11-16-13-14-18(21-19(20)6-3)17(15-16)12-10-8-5-2/h6,16-18H,3-5,7-15H2,1-2H3. The molecule has 122 valence electrons. The molecule has 0 spiro atoms. The molecule has 2 heteroatoms. The number of carbonyl (C=O) groups excluding carboxylic acids is 1. The van der Waals surface area contributed by atoms with E-state index in [2.05, 4.69) is 20.4 Å². The largest absolute Gasteiger partial charge is 0.459 e. The smallest absolute Gasteiger partial charge is 0.330 e. The van der Waals surface area contributed by atoms with E-state index in [-0.39, 0.29) is 12.1 Å². The van der Waals surface area contributed by atoms with Crippen molar-refractivity contribution in [3.63, 3.8) is 0 Å². The van der Waals surface area contributed by atoms with E-state index in [4.69, 9.17) is 4.74 Å². The maximum Gasteiger partial charge on any atom is 0.330 e. The summed E-state index contributed by atoms with van der Waals surface area (Å²) in [6, 6.07) is 0. The van der Waals surface area contributed by atoms with Crippen molar-refractivity contribution in [2.45, 2.75) is 90.6 Å². The Balaban J connectivity index is 2.47. The molecule has 0 radical (unpaired) electrons. The summed E-state index contributed by atoms with van der Waals surface area (Å²) in [5, 5.41) is 0. The van der Waals surface area contributed by atoms with Crippen LogP contribution in [0.1, 0.15) is 84.5 Å². The number of carbonyl (C=O) groups is 1. The Morgan fingerprint density at radius 2 is 1.76 bits per heavy atom. The molecule has 0 aliphatic heterocycles. The third kappa shape index (κ3) is 7.15. The Morgan fingerprint density at radius 3 is 2.38 bits per heavy atom. The van der Waals surface area contributed by atoms with E-state index in [0.29, 0.717) is 5.92 Å². The summed E-state index contributed by atoms with van der Waals surface area (Å²) in [7, 11) is 0. The summed E-state index contributed by atoms with van der Waals surface area (Å²) in [5.41, 5.74) is 0. The highest BCUT2D eigenvalue weighted by molar-refractivity contribution is 5.81. The second-order valence-corrected chi connectivity index (χ2v) is 6.61. The third-order valence-corrected chi connectivity index (χ3v) is 4.85. The molecule has 1 fully saturated rings. The van der Waals surface area contributed by atoms with Crippen LogP contribution in [0, 0.1) is 11.8 Å². The first-order chi connectivity index (χ1) is 10.2. The summed E-state index contributed by atoms with van der Waals surface area (Å²) in [6.07, 6.45) is 15.4. The molecule has 1 aliphatic rings. The van der Waals surface area contributed by atoms with Gasteiger partial charge in [0.15, 0.2) is 0 Å². The zero-order valence-electron chi connectivity index (χ0n) is 14.1. The quantitative estimate of drug-likeness (QED) is 0.295. The molecule has 2 nitrogen and oxygen atoms in total. The number of unbranched alkanes of at least 4 members (excludes halogenated alkanes) is 4. The molecule has 0 aromatic rings. The van der Waals surface area contributed by atoms with Crippen LogP contribution in [-0.4, -0.2) is 12.1 Å². The fourth-order valence-corrected chi connectivity index (χ4v) is 3.59. The Bertz CT molecular complexity index is 298. The van der Waals surface area contributed by atoms with Gasteiger partial charge in [0, 0.05) is 6.08 Å². The Kier molecular flexibility index (Phi) is 9.45. The van der Waals surface area contributed by atoms with Crippen LogP contribution in [0.25, 0.3) is 0 Å². The van der Waals surface area contributed by atoms with Gasteiger partial charge in [-0.15, -0.1) is 0 Å². The van der Waals surface area contributed by atoms with Gasteiger partial charge in [0.1, 0.15) is 6.10 Å². The molecule has 0 bridgehead atoms. The van der Waals surface area contributed by atoms with E-state index in [1.807, 2.05) is 0 Å². The first-order valence-corrected chi connectivity index (χ1v) is 9.04. The van der Waals surface area contributed by atoms with Gasteiger partial charge in [-0.1, -0.05) is 65.4 Å². The van der Waals surface area contributed by atoms with Gasteiger partial charge < -0.3 is 4.74 Å². The highest BCUT2D eigenvalue weighted by Gasteiger charge is 2.31. The molecule has 0 saturated heterocycles. The molecule has 0 aromatic heterocycles. The number of esters is 1. The lowest BCUT2D eigenvalue weighted by Crippen LogP contribution is -2.33. The second kappa shape index (κ2) is 10.9. The van der Waals surface area contributed by atoms with Crippen molar-refractivity contribution in [2.75, 3.05) is 0 Å². The normalized spacial score (nSPS) is 25.5. The number of hydrogen-bond donors (Lipinski definition) is 0. The number of ether oxygens (including phenoxy) is 1. The van der Waals surface area contributed by atoms with Gasteiger partial charge >= 0.3 is 5.97 Å². The zero-order valence-corrected chi connectivity index (χ0v) is 14.1. The molecular weight excluding hydrogens is 260 g/mol. The van der Waals surface area contributed by atoms with E-state index in [0.717, 1.165) is 12.3 Å². The average molecular weight is 294 g/mol. The van der Waals surface area contributed by atoms with E-state index in [9.17, 15) is 4.79 Å². The third-order valence-electron chi connectivity index (χ3n) is 4.85. The van der Waals surface area contributed by atoms with Crippen LogP contribution in [0.5, 0.6) is 0 Å². The van der Waals surface area contributed by atoms with Crippen molar-refractivity contribution in [3.8, 4) is 0 Å². The van der Waals surface area contributed by atoms with Gasteiger partial charge in [0.25, 0.3) is 0 Å². The minimum atomic E-state index is -0.245. The summed E-state index contributed by atoms with van der Waals surface area (Å²) in [5.74, 6) is 1.17. The summed E-state index contributed by atoms with van der Waals surface area (Å²) < 4.78 is 5.60. The molecule has 0 amide bonds. The van der Waals surface area contributed by atoms with Gasteiger partial charge in [-0.3, -0.25) is 0 Å². The molecule has 1 saturated carbocycles. The number of rotatable bonds is 10. The fraction of sp³-hybridized carbons (Fsp3) is 0.842. The van der Waals surface area contributed by atoms with Gasteiger partial charge in [-0.05, 0) is 37.5 Å².